The molecule has 28 heavy (non-hydrogen) atoms. The molecule has 1 heterocycles. The highest BCUT2D eigenvalue weighted by atomic mass is 35.5. The molecule has 0 bridgehead atoms. The summed E-state index contributed by atoms with van der Waals surface area (Å²) in [5.74, 6) is 0.786. The van der Waals surface area contributed by atoms with Gasteiger partial charge in [0.2, 0.25) is 5.91 Å². The van der Waals surface area contributed by atoms with Crippen LogP contribution < -0.4 is 10.5 Å². The predicted molar refractivity (Wildman–Crippen MR) is 119 cm³/mol. The minimum absolute atomic E-state index is 0. The third-order valence-corrected chi connectivity index (χ3v) is 4.61. The second-order valence-electron chi connectivity index (χ2n) is 6.54. The lowest BCUT2D eigenvalue weighted by molar-refractivity contribution is -0.129. The zero-order valence-corrected chi connectivity index (χ0v) is 17.7. The Morgan fingerprint density at radius 3 is 2.50 bits per heavy atom. The summed E-state index contributed by atoms with van der Waals surface area (Å²) in [7, 11) is 1.64. The number of aromatic nitrogens is 1. The van der Waals surface area contributed by atoms with Gasteiger partial charge in [0.15, 0.2) is 0 Å². The van der Waals surface area contributed by atoms with E-state index in [2.05, 4.69) is 11.1 Å². The van der Waals surface area contributed by atoms with Crippen LogP contribution in [0.4, 0.5) is 0 Å². The number of halogens is 2. The van der Waals surface area contributed by atoms with Gasteiger partial charge in [-0.25, -0.2) is 0 Å². The molecule has 0 radical (unpaired) electrons. The van der Waals surface area contributed by atoms with Crippen LogP contribution in [0, 0.1) is 0 Å². The highest BCUT2D eigenvalue weighted by Crippen LogP contribution is 2.21. The predicted octanol–water partition coefficient (Wildman–Crippen LogP) is 3.94. The molecule has 5 nitrogen and oxygen atoms in total. The van der Waals surface area contributed by atoms with Gasteiger partial charge in [-0.1, -0.05) is 36.4 Å². The quantitative estimate of drug-likeness (QED) is 0.604. The average molecular weight is 424 g/mol. The number of hydrogen-bond donors (Lipinski definition) is 2. The summed E-state index contributed by atoms with van der Waals surface area (Å²) >= 11 is 0. The molecule has 1 unspecified atom stereocenters. The van der Waals surface area contributed by atoms with Crippen LogP contribution >= 0.6 is 24.8 Å². The molecule has 0 saturated carbocycles. The highest BCUT2D eigenvalue weighted by Gasteiger charge is 2.17. The zero-order valence-electron chi connectivity index (χ0n) is 16.1. The lowest BCUT2D eigenvalue weighted by Crippen LogP contribution is -2.40. The van der Waals surface area contributed by atoms with E-state index in [0.717, 1.165) is 16.8 Å². The molecule has 152 valence electrons. The molecule has 1 amide bonds. The van der Waals surface area contributed by atoms with Gasteiger partial charge in [-0.2, -0.15) is 0 Å². The number of carbonyl (C=O) groups excluding carboxylic acids is 1. The number of nitrogens with zero attached hydrogens (tertiary/aromatic N) is 1. The Kier molecular flexibility index (Phi) is 9.32. The molecule has 1 atom stereocenters. The van der Waals surface area contributed by atoms with Gasteiger partial charge in [-0.15, -0.1) is 24.8 Å². The summed E-state index contributed by atoms with van der Waals surface area (Å²) in [5.41, 5.74) is 9.63. The monoisotopic (exact) mass is 423 g/mol. The number of aromatic amines is 1. The third kappa shape index (κ3) is 5.64. The standard InChI is InChI=1S/C21H25N3O2.2ClH/c1-15(25)24(13-16-7-3-6-10-21(16)26-2)14-18(22)11-17-12-23-20-9-5-4-8-19(17)20;;/h3-10,12,18,23H,11,13-14,22H2,1-2H3;2*1H. The van der Waals surface area contributed by atoms with Gasteiger partial charge in [-0.05, 0) is 24.1 Å². The van der Waals surface area contributed by atoms with Crippen molar-refractivity contribution in [3.63, 3.8) is 0 Å². The van der Waals surface area contributed by atoms with Crippen LogP contribution in [0.25, 0.3) is 10.9 Å². The van der Waals surface area contributed by atoms with Crippen molar-refractivity contribution in [2.75, 3.05) is 13.7 Å². The number of rotatable bonds is 7. The number of ether oxygens (including phenoxy) is 1. The summed E-state index contributed by atoms with van der Waals surface area (Å²) in [5, 5.41) is 1.18. The van der Waals surface area contributed by atoms with E-state index in [1.807, 2.05) is 48.7 Å². The summed E-state index contributed by atoms with van der Waals surface area (Å²) in [4.78, 5) is 17.2. The molecule has 2 aromatic carbocycles. The fourth-order valence-corrected chi connectivity index (χ4v) is 3.27. The fraction of sp³-hybridized carbons (Fsp3) is 0.286. The highest BCUT2D eigenvalue weighted by molar-refractivity contribution is 5.85. The lowest BCUT2D eigenvalue weighted by atomic mass is 10.0. The smallest absolute Gasteiger partial charge is 0.219 e. The largest absolute Gasteiger partial charge is 0.496 e. The molecule has 3 aromatic rings. The van der Waals surface area contributed by atoms with Crippen LogP contribution in [-0.2, 0) is 17.8 Å². The van der Waals surface area contributed by atoms with E-state index in [1.54, 1.807) is 18.9 Å². The first kappa shape index (κ1) is 23.8. The molecule has 3 N–H and O–H groups in total. The number of fused-ring (bicyclic) bond motifs is 1. The normalized spacial score (nSPS) is 11.2. The molecule has 0 aliphatic rings. The van der Waals surface area contributed by atoms with Gasteiger partial charge < -0.3 is 20.4 Å². The molecule has 0 aliphatic carbocycles. The van der Waals surface area contributed by atoms with Crippen molar-refractivity contribution in [1.82, 2.24) is 9.88 Å². The Morgan fingerprint density at radius 2 is 1.79 bits per heavy atom. The zero-order chi connectivity index (χ0) is 18.5. The minimum Gasteiger partial charge on any atom is -0.496 e. The van der Waals surface area contributed by atoms with E-state index >= 15 is 0 Å². The fourth-order valence-electron chi connectivity index (χ4n) is 3.27. The van der Waals surface area contributed by atoms with Crippen molar-refractivity contribution in [2.24, 2.45) is 5.73 Å². The van der Waals surface area contributed by atoms with E-state index < -0.39 is 0 Å². The molecule has 0 aliphatic heterocycles. The summed E-state index contributed by atoms with van der Waals surface area (Å²) in [6.07, 6.45) is 2.71. The average Bonchev–Trinajstić information content (AvgIpc) is 3.04. The van der Waals surface area contributed by atoms with Crippen LogP contribution in [-0.4, -0.2) is 35.5 Å². The van der Waals surface area contributed by atoms with Crippen molar-refractivity contribution in [2.45, 2.75) is 25.9 Å². The van der Waals surface area contributed by atoms with Crippen LogP contribution in [0.1, 0.15) is 18.1 Å². The number of methoxy groups -OCH3 is 1. The van der Waals surface area contributed by atoms with Crippen LogP contribution in [0.15, 0.2) is 54.7 Å². The van der Waals surface area contributed by atoms with Crippen molar-refractivity contribution in [3.8, 4) is 5.75 Å². The minimum atomic E-state index is -0.146. The number of nitrogens with one attached hydrogen (secondary N) is 1. The van der Waals surface area contributed by atoms with Gasteiger partial charge in [0.1, 0.15) is 5.75 Å². The molecule has 0 fully saturated rings. The topological polar surface area (TPSA) is 71.3 Å². The second-order valence-corrected chi connectivity index (χ2v) is 6.54. The van der Waals surface area contributed by atoms with Crippen LogP contribution in [0.2, 0.25) is 0 Å². The van der Waals surface area contributed by atoms with Crippen LogP contribution in [0.5, 0.6) is 5.75 Å². The summed E-state index contributed by atoms with van der Waals surface area (Å²) in [6, 6.07) is 15.8. The number of benzene rings is 2. The molecular formula is C21H27Cl2N3O2. The Hall–Kier alpha value is -2.21. The number of hydrogen-bond acceptors (Lipinski definition) is 3. The Morgan fingerprint density at radius 1 is 1.11 bits per heavy atom. The number of H-pyrrole nitrogens is 1. The summed E-state index contributed by atoms with van der Waals surface area (Å²) < 4.78 is 5.39. The molecule has 7 heteroatoms. The number of nitrogens with two attached hydrogens (primary N) is 1. The Balaban J connectivity index is 0.00000196. The van der Waals surface area contributed by atoms with Crippen molar-refractivity contribution in [3.05, 3.63) is 65.9 Å². The first-order chi connectivity index (χ1) is 12.6. The SMILES string of the molecule is COc1ccccc1CN(CC(N)Cc1c[nH]c2ccccc12)C(C)=O.Cl.Cl. The first-order valence-electron chi connectivity index (χ1n) is 8.76. The van der Waals surface area contributed by atoms with Gasteiger partial charge >= 0.3 is 0 Å². The van der Waals surface area contributed by atoms with Gasteiger partial charge in [0.25, 0.3) is 0 Å². The van der Waals surface area contributed by atoms with E-state index in [0.29, 0.717) is 19.5 Å². The van der Waals surface area contributed by atoms with Crippen molar-refractivity contribution in [1.29, 1.82) is 0 Å². The maximum atomic E-state index is 12.1. The molecule has 3 rings (SSSR count). The van der Waals surface area contributed by atoms with Gasteiger partial charge in [0, 0.05) is 48.7 Å². The maximum absolute atomic E-state index is 12.1. The van der Waals surface area contributed by atoms with E-state index in [-0.39, 0.29) is 36.8 Å². The summed E-state index contributed by atoms with van der Waals surface area (Å²) in [6.45, 7) is 2.56. The molecule has 1 aromatic heterocycles. The van der Waals surface area contributed by atoms with Gasteiger partial charge in [-0.3, -0.25) is 4.79 Å². The van der Waals surface area contributed by atoms with E-state index in [9.17, 15) is 4.79 Å². The van der Waals surface area contributed by atoms with Crippen LogP contribution in [0.3, 0.4) is 0 Å². The molecule has 0 saturated heterocycles. The Labute approximate surface area is 178 Å². The second kappa shape index (κ2) is 11.0. The van der Waals surface area contributed by atoms with E-state index in [4.69, 9.17) is 10.5 Å². The van der Waals surface area contributed by atoms with Crippen molar-refractivity contribution < 1.29 is 9.53 Å². The maximum Gasteiger partial charge on any atom is 0.219 e. The molecule has 0 spiro atoms. The molecular weight excluding hydrogens is 397 g/mol. The number of para-hydroxylation sites is 2. The number of carbonyl (C=O) groups is 1. The third-order valence-electron chi connectivity index (χ3n) is 4.61. The van der Waals surface area contributed by atoms with Crippen molar-refractivity contribution >= 4 is 41.6 Å². The lowest BCUT2D eigenvalue weighted by Gasteiger charge is -2.25. The number of amides is 1. The van der Waals surface area contributed by atoms with E-state index in [1.165, 1.54) is 10.9 Å². The van der Waals surface area contributed by atoms with Gasteiger partial charge in [0.05, 0.1) is 7.11 Å². The Bertz CT molecular complexity index is 898. The first-order valence-corrected chi connectivity index (χ1v) is 8.76.